The van der Waals surface area contributed by atoms with Gasteiger partial charge in [0.2, 0.25) is 0 Å². The smallest absolute Gasteiger partial charge is 0.0662 e. The van der Waals surface area contributed by atoms with Gasteiger partial charge in [-0.15, -0.1) is 0 Å². The van der Waals surface area contributed by atoms with Crippen molar-refractivity contribution in [3.63, 3.8) is 0 Å². The second kappa shape index (κ2) is 5.10. The van der Waals surface area contributed by atoms with Gasteiger partial charge in [0, 0.05) is 24.1 Å². The van der Waals surface area contributed by atoms with Crippen molar-refractivity contribution in [1.82, 2.24) is 5.32 Å². The fourth-order valence-electron chi connectivity index (χ4n) is 3.16. The fraction of sp³-hybridized carbons (Fsp3) is 1.00. The van der Waals surface area contributed by atoms with Gasteiger partial charge in [-0.1, -0.05) is 20.8 Å². The molecule has 3 heteroatoms. The van der Waals surface area contributed by atoms with E-state index in [0.29, 0.717) is 6.10 Å². The van der Waals surface area contributed by atoms with Crippen LogP contribution in [0, 0.1) is 17.3 Å². The highest BCUT2D eigenvalue weighted by molar-refractivity contribution is 5.14. The van der Waals surface area contributed by atoms with Gasteiger partial charge in [-0.05, 0) is 44.6 Å². The third-order valence-corrected chi connectivity index (χ3v) is 5.34. The van der Waals surface area contributed by atoms with Crippen LogP contribution in [0.5, 0.6) is 0 Å². The molecule has 0 aliphatic heterocycles. The molecule has 2 aliphatic rings. The topological polar surface area (TPSA) is 47.3 Å². The highest BCUT2D eigenvalue weighted by atomic mass is 16.5. The van der Waals surface area contributed by atoms with E-state index in [0.717, 1.165) is 38.0 Å². The van der Waals surface area contributed by atoms with Crippen molar-refractivity contribution in [1.29, 1.82) is 0 Å². The van der Waals surface area contributed by atoms with Crippen molar-refractivity contribution in [3.8, 4) is 0 Å². The van der Waals surface area contributed by atoms with Crippen LogP contribution in [0.25, 0.3) is 0 Å². The van der Waals surface area contributed by atoms with E-state index >= 15 is 0 Å². The summed E-state index contributed by atoms with van der Waals surface area (Å²) in [5.41, 5.74) is 6.52. The normalized spacial score (nSPS) is 36.2. The summed E-state index contributed by atoms with van der Waals surface area (Å²) in [6.45, 7) is 11.7. The molecule has 106 valence electrons. The van der Waals surface area contributed by atoms with Gasteiger partial charge in [-0.3, -0.25) is 0 Å². The quantitative estimate of drug-likeness (QED) is 0.732. The van der Waals surface area contributed by atoms with Gasteiger partial charge in [0.25, 0.3) is 0 Å². The summed E-state index contributed by atoms with van der Waals surface area (Å²) in [4.78, 5) is 0. The summed E-state index contributed by atoms with van der Waals surface area (Å²) in [5.74, 6) is 1.77. The van der Waals surface area contributed by atoms with Crippen LogP contribution in [0.2, 0.25) is 0 Å². The molecule has 3 nitrogen and oxygen atoms in total. The molecule has 0 saturated heterocycles. The Morgan fingerprint density at radius 1 is 1.39 bits per heavy atom. The van der Waals surface area contributed by atoms with Gasteiger partial charge in [0.15, 0.2) is 0 Å². The van der Waals surface area contributed by atoms with Crippen LogP contribution in [-0.4, -0.2) is 31.3 Å². The molecule has 2 aliphatic carbocycles. The number of nitrogens with two attached hydrogens (primary N) is 1. The summed E-state index contributed by atoms with van der Waals surface area (Å²) in [6, 6.07) is 0. The Kier molecular flexibility index (Phi) is 4.05. The molecule has 0 spiro atoms. The summed E-state index contributed by atoms with van der Waals surface area (Å²) in [7, 11) is 0. The number of rotatable bonds is 7. The van der Waals surface area contributed by atoms with Crippen LogP contribution in [0.1, 0.15) is 47.0 Å². The minimum Gasteiger partial charge on any atom is -0.378 e. The standard InChI is InChI=1S/C15H30N2O/c1-5-18-13-8-15(16,14(13,3)4)10-17-9-11(2)12-6-7-12/h11-13,17H,5-10,16H2,1-4H3. The predicted octanol–water partition coefficient (Wildman–Crippen LogP) is 2.15. The number of hydrogen-bond acceptors (Lipinski definition) is 3. The Balaban J connectivity index is 1.74. The molecule has 0 amide bonds. The van der Waals surface area contributed by atoms with Crippen molar-refractivity contribution in [2.45, 2.75) is 58.6 Å². The summed E-state index contributed by atoms with van der Waals surface area (Å²) < 4.78 is 5.76. The lowest BCUT2D eigenvalue weighted by Crippen LogP contribution is -2.73. The van der Waals surface area contributed by atoms with Gasteiger partial charge in [0.05, 0.1) is 6.10 Å². The Morgan fingerprint density at radius 2 is 2.06 bits per heavy atom. The fourth-order valence-corrected chi connectivity index (χ4v) is 3.16. The van der Waals surface area contributed by atoms with Crippen molar-refractivity contribution >= 4 is 0 Å². The summed E-state index contributed by atoms with van der Waals surface area (Å²) in [5, 5.41) is 3.59. The minimum absolute atomic E-state index is 0.0822. The number of nitrogens with one attached hydrogen (secondary N) is 1. The SMILES string of the molecule is CCOC1CC(N)(CNCC(C)C2CC2)C1(C)C. The molecular formula is C15H30N2O. The Morgan fingerprint density at radius 3 is 2.56 bits per heavy atom. The van der Waals surface area contributed by atoms with Crippen molar-refractivity contribution in [2.75, 3.05) is 19.7 Å². The van der Waals surface area contributed by atoms with Crippen LogP contribution in [0.3, 0.4) is 0 Å². The highest BCUT2D eigenvalue weighted by Gasteiger charge is 2.58. The zero-order chi connectivity index (χ0) is 13.4. The van der Waals surface area contributed by atoms with E-state index in [1.165, 1.54) is 12.8 Å². The van der Waals surface area contributed by atoms with Crippen molar-refractivity contribution in [3.05, 3.63) is 0 Å². The Labute approximate surface area is 112 Å². The van der Waals surface area contributed by atoms with Crippen molar-refractivity contribution < 1.29 is 4.74 Å². The molecule has 0 radical (unpaired) electrons. The van der Waals surface area contributed by atoms with Gasteiger partial charge >= 0.3 is 0 Å². The second-order valence-electron chi connectivity index (χ2n) is 6.97. The lowest BCUT2D eigenvalue weighted by atomic mass is 9.54. The third kappa shape index (κ3) is 2.59. The molecule has 0 aromatic heterocycles. The van der Waals surface area contributed by atoms with E-state index in [9.17, 15) is 0 Å². The average Bonchev–Trinajstić information content (AvgIpc) is 3.12. The number of ether oxygens (including phenoxy) is 1. The van der Waals surface area contributed by atoms with Crippen LogP contribution < -0.4 is 11.1 Å². The molecule has 0 heterocycles. The van der Waals surface area contributed by atoms with Crippen molar-refractivity contribution in [2.24, 2.45) is 23.0 Å². The van der Waals surface area contributed by atoms with E-state index < -0.39 is 0 Å². The van der Waals surface area contributed by atoms with Gasteiger partial charge < -0.3 is 15.8 Å². The molecule has 3 N–H and O–H groups in total. The Bertz CT molecular complexity index is 288. The average molecular weight is 254 g/mol. The van der Waals surface area contributed by atoms with Crippen LogP contribution in [0.4, 0.5) is 0 Å². The summed E-state index contributed by atoms with van der Waals surface area (Å²) >= 11 is 0. The van der Waals surface area contributed by atoms with E-state index in [2.05, 4.69) is 33.0 Å². The lowest BCUT2D eigenvalue weighted by Gasteiger charge is -2.59. The molecular weight excluding hydrogens is 224 g/mol. The van der Waals surface area contributed by atoms with Gasteiger partial charge in [0.1, 0.15) is 0 Å². The van der Waals surface area contributed by atoms with E-state index in [-0.39, 0.29) is 11.0 Å². The maximum Gasteiger partial charge on any atom is 0.0662 e. The minimum atomic E-state index is -0.101. The molecule has 3 unspecified atom stereocenters. The predicted molar refractivity (Wildman–Crippen MR) is 75.5 cm³/mol. The third-order valence-electron chi connectivity index (χ3n) is 5.34. The van der Waals surface area contributed by atoms with Gasteiger partial charge in [-0.25, -0.2) is 0 Å². The van der Waals surface area contributed by atoms with E-state index in [1.807, 2.05) is 0 Å². The zero-order valence-electron chi connectivity index (χ0n) is 12.5. The molecule has 2 fully saturated rings. The Hall–Kier alpha value is -0.120. The van der Waals surface area contributed by atoms with Crippen LogP contribution in [-0.2, 0) is 4.74 Å². The number of hydrogen-bond donors (Lipinski definition) is 2. The largest absolute Gasteiger partial charge is 0.378 e. The molecule has 0 aromatic carbocycles. The summed E-state index contributed by atoms with van der Waals surface area (Å²) in [6.07, 6.45) is 4.16. The molecule has 2 rings (SSSR count). The van der Waals surface area contributed by atoms with Crippen LogP contribution in [0.15, 0.2) is 0 Å². The highest BCUT2D eigenvalue weighted by Crippen LogP contribution is 2.49. The molecule has 0 aromatic rings. The van der Waals surface area contributed by atoms with E-state index in [4.69, 9.17) is 10.5 Å². The van der Waals surface area contributed by atoms with E-state index in [1.54, 1.807) is 0 Å². The maximum absolute atomic E-state index is 6.54. The van der Waals surface area contributed by atoms with Crippen LogP contribution >= 0.6 is 0 Å². The first-order valence-electron chi connectivity index (χ1n) is 7.52. The maximum atomic E-state index is 6.54. The zero-order valence-corrected chi connectivity index (χ0v) is 12.5. The molecule has 18 heavy (non-hydrogen) atoms. The first-order chi connectivity index (χ1) is 8.40. The second-order valence-corrected chi connectivity index (χ2v) is 6.97. The lowest BCUT2D eigenvalue weighted by molar-refractivity contribution is -0.148. The first-order valence-corrected chi connectivity index (χ1v) is 7.52. The monoisotopic (exact) mass is 254 g/mol. The molecule has 2 saturated carbocycles. The first kappa shape index (κ1) is 14.3. The van der Waals surface area contributed by atoms with Gasteiger partial charge in [-0.2, -0.15) is 0 Å². The molecule has 0 bridgehead atoms. The molecule has 3 atom stereocenters.